The van der Waals surface area contributed by atoms with Crippen LogP contribution in [0.15, 0.2) is 18.3 Å². The number of fused-ring (bicyclic) bond motifs is 2. The van der Waals surface area contributed by atoms with Crippen LogP contribution in [0, 0.1) is 0 Å². The summed E-state index contributed by atoms with van der Waals surface area (Å²) in [5.41, 5.74) is 2.25. The van der Waals surface area contributed by atoms with Gasteiger partial charge in [-0.25, -0.2) is 0 Å². The van der Waals surface area contributed by atoms with Crippen molar-refractivity contribution >= 4 is 11.6 Å². The maximum absolute atomic E-state index is 11.8. The molecule has 96 valence electrons. The van der Waals surface area contributed by atoms with Gasteiger partial charge in [0.05, 0.1) is 11.4 Å². The Bertz CT molecular complexity index is 478. The molecule has 1 aromatic rings. The van der Waals surface area contributed by atoms with Crippen LogP contribution < -0.4 is 4.90 Å². The van der Waals surface area contributed by atoms with Gasteiger partial charge in [-0.1, -0.05) is 0 Å². The number of hydrogen-bond acceptors (Lipinski definition) is 3. The number of nitrogens with zero attached hydrogens (tertiary/aromatic N) is 3. The van der Waals surface area contributed by atoms with Crippen molar-refractivity contribution in [2.75, 3.05) is 31.6 Å². The van der Waals surface area contributed by atoms with E-state index in [0.717, 1.165) is 43.9 Å². The van der Waals surface area contributed by atoms with Crippen LogP contribution in [0.3, 0.4) is 0 Å². The van der Waals surface area contributed by atoms with E-state index in [9.17, 15) is 4.79 Å². The van der Waals surface area contributed by atoms with Crippen LogP contribution in [0.4, 0.5) is 5.69 Å². The number of piperidine rings is 1. The molecular weight excluding hydrogens is 226 g/mol. The minimum absolute atomic E-state index is 0.0920. The predicted molar refractivity (Wildman–Crippen MR) is 70.7 cm³/mol. The summed E-state index contributed by atoms with van der Waals surface area (Å²) in [5.74, 6) is 0.125. The van der Waals surface area contributed by atoms with E-state index in [1.54, 1.807) is 6.92 Å². The average Bonchev–Trinajstić information content (AvgIpc) is 2.69. The first-order valence-corrected chi connectivity index (χ1v) is 6.55. The number of anilines is 1. The fourth-order valence-electron chi connectivity index (χ4n) is 3.21. The highest BCUT2D eigenvalue weighted by atomic mass is 16.2. The molecule has 3 rings (SSSR count). The molecule has 2 aliphatic rings. The van der Waals surface area contributed by atoms with Crippen LogP contribution in [0.1, 0.15) is 25.5 Å². The molecule has 4 heteroatoms. The number of hydrogen-bond donors (Lipinski definition) is 0. The highest BCUT2D eigenvalue weighted by Gasteiger charge is 2.46. The normalized spacial score (nSPS) is 22.2. The number of rotatable bonds is 0. The van der Waals surface area contributed by atoms with Gasteiger partial charge < -0.3 is 9.80 Å². The third-order valence-corrected chi connectivity index (χ3v) is 4.36. The molecular formula is C14H19N3O. The molecule has 0 aliphatic carbocycles. The molecule has 0 unspecified atom stereocenters. The molecule has 1 aromatic heterocycles. The van der Waals surface area contributed by atoms with E-state index in [1.807, 2.05) is 23.2 Å². The van der Waals surface area contributed by atoms with E-state index in [4.69, 9.17) is 0 Å². The number of carbonyl (C=O) groups excluding carboxylic acids is 1. The Hall–Kier alpha value is -1.42. The second-order valence-corrected chi connectivity index (χ2v) is 5.56. The third kappa shape index (κ3) is 1.63. The molecule has 0 aromatic carbocycles. The Morgan fingerprint density at radius 1 is 1.39 bits per heavy atom. The highest BCUT2D eigenvalue weighted by Crippen LogP contribution is 2.45. The lowest BCUT2D eigenvalue weighted by molar-refractivity contribution is -0.116. The van der Waals surface area contributed by atoms with E-state index in [-0.39, 0.29) is 11.3 Å². The first-order valence-electron chi connectivity index (χ1n) is 6.55. The molecule has 0 radical (unpaired) electrons. The summed E-state index contributed by atoms with van der Waals surface area (Å²) in [6.07, 6.45) is 4.04. The van der Waals surface area contributed by atoms with Crippen LogP contribution in [-0.2, 0) is 10.2 Å². The summed E-state index contributed by atoms with van der Waals surface area (Å²) in [4.78, 5) is 20.6. The second kappa shape index (κ2) is 4.05. The molecule has 0 saturated carbocycles. The summed E-state index contributed by atoms with van der Waals surface area (Å²) >= 11 is 0. The number of amides is 1. The summed E-state index contributed by atoms with van der Waals surface area (Å²) in [7, 11) is 2.16. The van der Waals surface area contributed by atoms with Crippen molar-refractivity contribution in [3.63, 3.8) is 0 Å². The zero-order valence-electron chi connectivity index (χ0n) is 11.0. The minimum Gasteiger partial charge on any atom is -0.310 e. The second-order valence-electron chi connectivity index (χ2n) is 5.56. The maximum Gasteiger partial charge on any atom is 0.223 e. The zero-order valence-corrected chi connectivity index (χ0v) is 11.0. The van der Waals surface area contributed by atoms with Gasteiger partial charge >= 0.3 is 0 Å². The Morgan fingerprint density at radius 2 is 2.11 bits per heavy atom. The first-order chi connectivity index (χ1) is 8.62. The Balaban J connectivity index is 2.02. The van der Waals surface area contributed by atoms with E-state index in [0.29, 0.717) is 0 Å². The Labute approximate surface area is 108 Å². The lowest BCUT2D eigenvalue weighted by atomic mass is 9.77. The van der Waals surface area contributed by atoms with Gasteiger partial charge in [0.25, 0.3) is 0 Å². The molecule has 1 fully saturated rings. The van der Waals surface area contributed by atoms with Crippen LogP contribution in [0.2, 0.25) is 0 Å². The first kappa shape index (κ1) is 11.7. The van der Waals surface area contributed by atoms with Gasteiger partial charge in [0, 0.05) is 25.1 Å². The lowest BCUT2D eigenvalue weighted by Gasteiger charge is -2.37. The fraction of sp³-hybridized carbons (Fsp3) is 0.571. The van der Waals surface area contributed by atoms with E-state index in [2.05, 4.69) is 16.9 Å². The van der Waals surface area contributed by atoms with E-state index >= 15 is 0 Å². The van der Waals surface area contributed by atoms with Crippen molar-refractivity contribution in [1.29, 1.82) is 0 Å². The molecule has 1 amide bonds. The van der Waals surface area contributed by atoms with Gasteiger partial charge in [-0.3, -0.25) is 9.78 Å². The largest absolute Gasteiger partial charge is 0.310 e. The quantitative estimate of drug-likeness (QED) is 0.693. The molecule has 4 nitrogen and oxygen atoms in total. The fourth-order valence-corrected chi connectivity index (χ4v) is 3.21. The van der Waals surface area contributed by atoms with Crippen molar-refractivity contribution in [3.8, 4) is 0 Å². The van der Waals surface area contributed by atoms with Crippen molar-refractivity contribution in [3.05, 3.63) is 24.0 Å². The molecule has 18 heavy (non-hydrogen) atoms. The molecule has 0 bridgehead atoms. The average molecular weight is 245 g/mol. The van der Waals surface area contributed by atoms with Crippen LogP contribution in [0.25, 0.3) is 0 Å². The Kier molecular flexibility index (Phi) is 2.63. The number of aromatic nitrogens is 1. The number of pyridine rings is 1. The molecule has 1 saturated heterocycles. The van der Waals surface area contributed by atoms with Crippen molar-refractivity contribution in [1.82, 2.24) is 9.88 Å². The van der Waals surface area contributed by atoms with Gasteiger partial charge in [-0.15, -0.1) is 0 Å². The third-order valence-electron chi connectivity index (χ3n) is 4.36. The summed E-state index contributed by atoms with van der Waals surface area (Å²) in [6.45, 7) is 4.62. The van der Waals surface area contributed by atoms with E-state index in [1.165, 1.54) is 0 Å². The van der Waals surface area contributed by atoms with Crippen LogP contribution in [-0.4, -0.2) is 42.5 Å². The summed E-state index contributed by atoms with van der Waals surface area (Å²) < 4.78 is 0. The monoisotopic (exact) mass is 245 g/mol. The molecule has 0 N–H and O–H groups in total. The topological polar surface area (TPSA) is 36.4 Å². The highest BCUT2D eigenvalue weighted by molar-refractivity contribution is 5.94. The van der Waals surface area contributed by atoms with Gasteiger partial charge in [0.2, 0.25) is 5.91 Å². The number of carbonyl (C=O) groups is 1. The minimum atomic E-state index is 0.0920. The van der Waals surface area contributed by atoms with Crippen LogP contribution in [0.5, 0.6) is 0 Å². The van der Waals surface area contributed by atoms with Gasteiger partial charge in [-0.2, -0.15) is 0 Å². The van der Waals surface area contributed by atoms with Crippen molar-refractivity contribution in [2.45, 2.75) is 25.2 Å². The smallest absolute Gasteiger partial charge is 0.223 e. The zero-order chi connectivity index (χ0) is 12.8. The van der Waals surface area contributed by atoms with Crippen LogP contribution >= 0.6 is 0 Å². The summed E-state index contributed by atoms with van der Waals surface area (Å²) in [6, 6.07) is 3.94. The summed E-state index contributed by atoms with van der Waals surface area (Å²) in [5, 5.41) is 0. The molecule has 3 heterocycles. The van der Waals surface area contributed by atoms with Crippen molar-refractivity contribution < 1.29 is 4.79 Å². The molecule has 1 spiro atoms. The predicted octanol–water partition coefficient (Wildman–Crippen LogP) is 1.41. The van der Waals surface area contributed by atoms with Gasteiger partial charge in [-0.05, 0) is 45.1 Å². The SMILES string of the molecule is CC(=O)N1CC2(CCN(C)CC2)c2ncccc21. The van der Waals surface area contributed by atoms with Gasteiger partial charge in [0.15, 0.2) is 0 Å². The lowest BCUT2D eigenvalue weighted by Crippen LogP contribution is -2.44. The number of likely N-dealkylation sites (tertiary alicyclic amines) is 1. The molecule has 0 atom stereocenters. The van der Waals surface area contributed by atoms with Gasteiger partial charge in [0.1, 0.15) is 0 Å². The maximum atomic E-state index is 11.8. The standard InChI is InChI=1S/C14H19N3O/c1-11(18)17-10-14(5-8-16(2)9-6-14)13-12(17)4-3-7-15-13/h3-4,7H,5-6,8-10H2,1-2H3. The van der Waals surface area contributed by atoms with E-state index < -0.39 is 0 Å². The molecule has 2 aliphatic heterocycles. The van der Waals surface area contributed by atoms with Crippen molar-refractivity contribution in [2.24, 2.45) is 0 Å². The Morgan fingerprint density at radius 3 is 2.78 bits per heavy atom.